The Morgan fingerprint density at radius 2 is 0.816 bits per heavy atom. The average Bonchev–Trinajstić information content (AvgIpc) is 2.90. The smallest absolute Gasteiger partial charge is 0.374 e. The van der Waals surface area contributed by atoms with Crippen LogP contribution in [0.5, 0.6) is 0 Å². The van der Waals surface area contributed by atoms with Crippen LogP contribution in [-0.4, -0.2) is 63.2 Å². The highest BCUT2D eigenvalue weighted by Gasteiger charge is 2.39. The Kier molecular flexibility index (Phi) is 21.3. The maximum Gasteiger partial charge on any atom is 0.500 e. The number of nitrogens with one attached hydrogen (secondary N) is 3. The lowest BCUT2D eigenvalue weighted by atomic mass is 10.1. The second-order valence-electron chi connectivity index (χ2n) is 9.71. The SMILES string of the molecule is CCCCCCCCNc1nc(NCCCCCCCC)nc(NCCC[Si](OCC)(OCC)OCC)n1. The van der Waals surface area contributed by atoms with Crippen LogP contribution in [0, 0.1) is 0 Å². The zero-order valence-electron chi connectivity index (χ0n) is 25.2. The molecule has 222 valence electrons. The summed E-state index contributed by atoms with van der Waals surface area (Å²) in [5, 5.41) is 10.2. The molecule has 0 saturated carbocycles. The molecule has 0 amide bonds. The zero-order valence-corrected chi connectivity index (χ0v) is 26.2. The summed E-state index contributed by atoms with van der Waals surface area (Å²) in [6.07, 6.45) is 16.0. The molecule has 0 atom stereocenters. The average molecular weight is 555 g/mol. The number of hydrogen-bond donors (Lipinski definition) is 3. The number of nitrogens with zero attached hydrogens (tertiary/aromatic N) is 3. The Bertz CT molecular complexity index is 633. The minimum absolute atomic E-state index is 0.590. The molecule has 1 rings (SSSR count). The molecule has 1 heterocycles. The largest absolute Gasteiger partial charge is 0.500 e. The van der Waals surface area contributed by atoms with Gasteiger partial charge in [0, 0.05) is 45.5 Å². The Balaban J connectivity index is 2.65. The number of aromatic nitrogens is 3. The van der Waals surface area contributed by atoms with E-state index in [9.17, 15) is 0 Å². The van der Waals surface area contributed by atoms with Crippen LogP contribution in [0.3, 0.4) is 0 Å². The third-order valence-corrected chi connectivity index (χ3v) is 9.45. The molecule has 1 aromatic rings. The third-order valence-electron chi connectivity index (χ3n) is 6.30. The normalized spacial score (nSPS) is 11.6. The van der Waals surface area contributed by atoms with Crippen molar-refractivity contribution in [2.75, 3.05) is 55.4 Å². The van der Waals surface area contributed by atoms with Gasteiger partial charge < -0.3 is 29.2 Å². The van der Waals surface area contributed by atoms with Gasteiger partial charge in [0.2, 0.25) is 17.8 Å². The topological polar surface area (TPSA) is 102 Å². The molecule has 3 N–H and O–H groups in total. The quantitative estimate of drug-likeness (QED) is 0.0765. The predicted molar refractivity (Wildman–Crippen MR) is 162 cm³/mol. The van der Waals surface area contributed by atoms with Crippen LogP contribution in [0.4, 0.5) is 17.8 Å². The fraction of sp³-hybridized carbons (Fsp3) is 0.893. The Labute approximate surface area is 234 Å². The van der Waals surface area contributed by atoms with Gasteiger partial charge in [-0.3, -0.25) is 0 Å². The first kappa shape index (κ1) is 34.5. The highest BCUT2D eigenvalue weighted by molar-refractivity contribution is 6.60. The van der Waals surface area contributed by atoms with E-state index in [1.54, 1.807) is 0 Å². The minimum atomic E-state index is -2.64. The van der Waals surface area contributed by atoms with Gasteiger partial charge in [0.25, 0.3) is 0 Å². The van der Waals surface area contributed by atoms with Crippen molar-refractivity contribution in [2.24, 2.45) is 0 Å². The fourth-order valence-corrected chi connectivity index (χ4v) is 6.94. The second-order valence-corrected chi connectivity index (χ2v) is 12.4. The molecule has 0 unspecified atom stereocenters. The van der Waals surface area contributed by atoms with Crippen molar-refractivity contribution in [3.05, 3.63) is 0 Å². The first-order valence-electron chi connectivity index (χ1n) is 15.5. The van der Waals surface area contributed by atoms with E-state index < -0.39 is 8.80 Å². The molecular formula is C28H58N6O3Si. The van der Waals surface area contributed by atoms with Gasteiger partial charge in [-0.2, -0.15) is 15.0 Å². The van der Waals surface area contributed by atoms with Gasteiger partial charge >= 0.3 is 8.80 Å². The Hall–Kier alpha value is -1.49. The van der Waals surface area contributed by atoms with Crippen LogP contribution in [0.2, 0.25) is 6.04 Å². The van der Waals surface area contributed by atoms with Crippen LogP contribution < -0.4 is 16.0 Å². The molecular weight excluding hydrogens is 496 g/mol. The Morgan fingerprint density at radius 3 is 1.18 bits per heavy atom. The molecule has 0 bridgehead atoms. The van der Waals surface area contributed by atoms with E-state index in [0.29, 0.717) is 44.2 Å². The van der Waals surface area contributed by atoms with Crippen LogP contribution >= 0.6 is 0 Å². The van der Waals surface area contributed by atoms with E-state index in [4.69, 9.17) is 13.3 Å². The molecule has 0 saturated heterocycles. The number of rotatable bonds is 27. The standard InChI is InChI=1S/C28H58N6O3Si/c1-6-11-13-15-17-19-22-29-26-32-27(30-23-20-18-16-14-12-7-2)34-28(33-26)31-24-21-25-38(35-8-3,36-9-4)37-10-5/h6-25H2,1-5H3,(H3,29,30,31,32,33,34). The second kappa shape index (κ2) is 23.4. The summed E-state index contributed by atoms with van der Waals surface area (Å²) in [7, 11) is -2.64. The molecule has 0 spiro atoms. The molecule has 38 heavy (non-hydrogen) atoms. The predicted octanol–water partition coefficient (Wildman–Crippen LogP) is 7.27. The molecule has 9 nitrogen and oxygen atoms in total. The van der Waals surface area contributed by atoms with Gasteiger partial charge in [0.15, 0.2) is 0 Å². The van der Waals surface area contributed by atoms with Gasteiger partial charge in [-0.05, 0) is 40.0 Å². The van der Waals surface area contributed by atoms with Crippen molar-refractivity contribution >= 4 is 26.6 Å². The van der Waals surface area contributed by atoms with Crippen molar-refractivity contribution in [3.8, 4) is 0 Å². The van der Waals surface area contributed by atoms with Crippen LogP contribution in [0.1, 0.15) is 118 Å². The van der Waals surface area contributed by atoms with Crippen molar-refractivity contribution in [1.82, 2.24) is 15.0 Å². The number of anilines is 3. The highest BCUT2D eigenvalue weighted by atomic mass is 28.4. The van der Waals surface area contributed by atoms with E-state index in [1.807, 2.05) is 20.8 Å². The first-order chi connectivity index (χ1) is 18.6. The van der Waals surface area contributed by atoms with Crippen molar-refractivity contribution in [3.63, 3.8) is 0 Å². The summed E-state index contributed by atoms with van der Waals surface area (Å²) in [5.74, 6) is 1.85. The monoisotopic (exact) mass is 554 g/mol. The van der Waals surface area contributed by atoms with Gasteiger partial charge in [-0.25, -0.2) is 0 Å². The van der Waals surface area contributed by atoms with E-state index in [1.165, 1.54) is 64.2 Å². The molecule has 1 aromatic heterocycles. The summed E-state index contributed by atoms with van der Waals surface area (Å²) in [5.41, 5.74) is 0. The van der Waals surface area contributed by atoms with Gasteiger partial charge in [0.1, 0.15) is 0 Å². The summed E-state index contributed by atoms with van der Waals surface area (Å²) < 4.78 is 17.9. The summed E-state index contributed by atoms with van der Waals surface area (Å²) in [4.78, 5) is 13.9. The van der Waals surface area contributed by atoms with Crippen molar-refractivity contribution < 1.29 is 13.3 Å². The number of hydrogen-bond acceptors (Lipinski definition) is 9. The molecule has 0 fully saturated rings. The van der Waals surface area contributed by atoms with Crippen LogP contribution in [0.15, 0.2) is 0 Å². The van der Waals surface area contributed by atoms with E-state index in [2.05, 4.69) is 44.7 Å². The summed E-state index contributed by atoms with van der Waals surface area (Å²) in [6.45, 7) is 14.7. The van der Waals surface area contributed by atoms with Gasteiger partial charge in [-0.1, -0.05) is 78.1 Å². The number of unbranched alkanes of at least 4 members (excludes halogenated alkanes) is 10. The van der Waals surface area contributed by atoms with E-state index >= 15 is 0 Å². The maximum atomic E-state index is 5.98. The van der Waals surface area contributed by atoms with Crippen LogP contribution in [0.25, 0.3) is 0 Å². The van der Waals surface area contributed by atoms with E-state index in [-0.39, 0.29) is 0 Å². The highest BCUT2D eigenvalue weighted by Crippen LogP contribution is 2.19. The van der Waals surface area contributed by atoms with Crippen molar-refractivity contribution in [1.29, 1.82) is 0 Å². The minimum Gasteiger partial charge on any atom is -0.374 e. The molecule has 0 radical (unpaired) electrons. The van der Waals surface area contributed by atoms with Gasteiger partial charge in [0.05, 0.1) is 0 Å². The van der Waals surface area contributed by atoms with Crippen LogP contribution in [-0.2, 0) is 13.3 Å². The molecule has 0 aliphatic heterocycles. The van der Waals surface area contributed by atoms with Crippen molar-refractivity contribution in [2.45, 2.75) is 124 Å². The third kappa shape index (κ3) is 16.5. The summed E-state index contributed by atoms with van der Waals surface area (Å²) in [6, 6.07) is 0.757. The molecule has 0 aromatic carbocycles. The first-order valence-corrected chi connectivity index (χ1v) is 17.5. The molecule has 0 aliphatic carbocycles. The summed E-state index contributed by atoms with van der Waals surface area (Å²) >= 11 is 0. The molecule has 10 heteroatoms. The fourth-order valence-electron chi connectivity index (χ4n) is 4.33. The zero-order chi connectivity index (χ0) is 27.7. The maximum absolute atomic E-state index is 5.98. The van der Waals surface area contributed by atoms with E-state index in [0.717, 1.165) is 38.4 Å². The Morgan fingerprint density at radius 1 is 0.474 bits per heavy atom. The lowest BCUT2D eigenvalue weighted by Crippen LogP contribution is -2.46. The molecule has 0 aliphatic rings. The van der Waals surface area contributed by atoms with Gasteiger partial charge in [-0.15, -0.1) is 0 Å². The lowest BCUT2D eigenvalue weighted by molar-refractivity contribution is 0.0710. The lowest BCUT2D eigenvalue weighted by Gasteiger charge is -2.28.